The van der Waals surface area contributed by atoms with E-state index in [0.29, 0.717) is 12.4 Å². The zero-order chi connectivity index (χ0) is 12.0. The van der Waals surface area contributed by atoms with E-state index in [1.165, 1.54) is 0 Å². The molecule has 0 fully saturated rings. The van der Waals surface area contributed by atoms with Crippen molar-refractivity contribution in [2.24, 2.45) is 4.99 Å². The maximum atomic E-state index is 5.45. The largest absolute Gasteiger partial charge is 0.444 e. The van der Waals surface area contributed by atoms with Gasteiger partial charge in [0.15, 0.2) is 5.96 Å². The van der Waals surface area contributed by atoms with Crippen LogP contribution in [0.2, 0.25) is 0 Å². The molecule has 98 valence electrons. The van der Waals surface area contributed by atoms with Gasteiger partial charge in [-0.05, 0) is 27.7 Å². The first-order chi connectivity index (χ1) is 7.67. The SMILES string of the molecule is CCNC(=NCc1nc(C)c(C)o1)NCC.I. The third-order valence-electron chi connectivity index (χ3n) is 2.13. The van der Waals surface area contributed by atoms with Crippen molar-refractivity contribution in [1.29, 1.82) is 0 Å². The summed E-state index contributed by atoms with van der Waals surface area (Å²) in [5.74, 6) is 2.31. The van der Waals surface area contributed by atoms with Crippen LogP contribution in [0.15, 0.2) is 9.41 Å². The Morgan fingerprint density at radius 2 is 1.82 bits per heavy atom. The molecule has 6 heteroatoms. The second kappa shape index (κ2) is 8.32. The summed E-state index contributed by atoms with van der Waals surface area (Å²) in [4.78, 5) is 8.64. The van der Waals surface area contributed by atoms with Crippen molar-refractivity contribution in [3.8, 4) is 0 Å². The van der Waals surface area contributed by atoms with Gasteiger partial charge >= 0.3 is 0 Å². The predicted octanol–water partition coefficient (Wildman–Crippen LogP) is 1.98. The number of halogens is 1. The fourth-order valence-corrected chi connectivity index (χ4v) is 1.26. The lowest BCUT2D eigenvalue weighted by atomic mass is 10.4. The quantitative estimate of drug-likeness (QED) is 0.494. The van der Waals surface area contributed by atoms with Crippen molar-refractivity contribution < 1.29 is 4.42 Å². The van der Waals surface area contributed by atoms with Gasteiger partial charge in [0, 0.05) is 13.1 Å². The summed E-state index contributed by atoms with van der Waals surface area (Å²) in [7, 11) is 0. The Labute approximate surface area is 120 Å². The van der Waals surface area contributed by atoms with Gasteiger partial charge in [0.2, 0.25) is 5.89 Å². The molecule has 0 spiro atoms. The zero-order valence-corrected chi connectivity index (χ0v) is 13.2. The molecular weight excluding hydrogens is 331 g/mol. The average Bonchev–Trinajstić information content (AvgIpc) is 2.56. The lowest BCUT2D eigenvalue weighted by Crippen LogP contribution is -2.36. The highest BCUT2D eigenvalue weighted by Gasteiger charge is 2.04. The monoisotopic (exact) mass is 352 g/mol. The van der Waals surface area contributed by atoms with Crippen LogP contribution >= 0.6 is 24.0 Å². The van der Waals surface area contributed by atoms with Crippen molar-refractivity contribution in [2.75, 3.05) is 13.1 Å². The minimum Gasteiger partial charge on any atom is -0.444 e. The second-order valence-corrected chi connectivity index (χ2v) is 3.47. The Hall–Kier alpha value is -0.790. The van der Waals surface area contributed by atoms with Crippen molar-refractivity contribution >= 4 is 29.9 Å². The molecule has 17 heavy (non-hydrogen) atoms. The Bertz CT molecular complexity index is 335. The Morgan fingerprint density at radius 3 is 2.24 bits per heavy atom. The predicted molar refractivity (Wildman–Crippen MR) is 79.9 cm³/mol. The average molecular weight is 352 g/mol. The van der Waals surface area contributed by atoms with Gasteiger partial charge in [-0.15, -0.1) is 24.0 Å². The third kappa shape index (κ3) is 5.38. The van der Waals surface area contributed by atoms with Crippen molar-refractivity contribution in [2.45, 2.75) is 34.2 Å². The molecule has 0 aromatic carbocycles. The van der Waals surface area contributed by atoms with Gasteiger partial charge in [0.25, 0.3) is 0 Å². The number of aryl methyl sites for hydroxylation is 2. The summed E-state index contributed by atoms with van der Waals surface area (Å²) in [6.07, 6.45) is 0. The molecule has 0 saturated carbocycles. The molecule has 0 bridgehead atoms. The summed E-state index contributed by atoms with van der Waals surface area (Å²) in [5, 5.41) is 6.29. The molecule has 1 aromatic rings. The first-order valence-corrected chi connectivity index (χ1v) is 5.62. The summed E-state index contributed by atoms with van der Waals surface area (Å²) in [6, 6.07) is 0. The summed E-state index contributed by atoms with van der Waals surface area (Å²) < 4.78 is 5.45. The van der Waals surface area contributed by atoms with Gasteiger partial charge in [-0.2, -0.15) is 0 Å². The highest BCUT2D eigenvalue weighted by Crippen LogP contribution is 2.08. The fraction of sp³-hybridized carbons (Fsp3) is 0.636. The van der Waals surface area contributed by atoms with Crippen LogP contribution in [0.4, 0.5) is 0 Å². The third-order valence-corrected chi connectivity index (χ3v) is 2.13. The molecule has 0 aliphatic carbocycles. The van der Waals surface area contributed by atoms with E-state index in [0.717, 1.165) is 30.5 Å². The van der Waals surface area contributed by atoms with E-state index >= 15 is 0 Å². The minimum atomic E-state index is 0. The molecule has 1 aromatic heterocycles. The number of oxazole rings is 1. The van der Waals surface area contributed by atoms with Gasteiger partial charge in [-0.3, -0.25) is 0 Å². The van der Waals surface area contributed by atoms with Gasteiger partial charge < -0.3 is 15.1 Å². The molecule has 0 saturated heterocycles. The number of hydrogen-bond donors (Lipinski definition) is 2. The van der Waals surface area contributed by atoms with Crippen LogP contribution in [0.25, 0.3) is 0 Å². The number of rotatable bonds is 4. The van der Waals surface area contributed by atoms with Crippen LogP contribution in [0.3, 0.4) is 0 Å². The lowest BCUT2D eigenvalue weighted by molar-refractivity contribution is 0.473. The zero-order valence-electron chi connectivity index (χ0n) is 10.8. The molecule has 0 atom stereocenters. The first kappa shape index (κ1) is 16.2. The summed E-state index contributed by atoms with van der Waals surface area (Å²) >= 11 is 0. The molecule has 0 radical (unpaired) electrons. The molecule has 1 rings (SSSR count). The van der Waals surface area contributed by atoms with E-state index in [1.807, 2.05) is 27.7 Å². The van der Waals surface area contributed by atoms with Gasteiger partial charge in [0.1, 0.15) is 12.3 Å². The normalized spacial score (nSPS) is 9.41. The highest BCUT2D eigenvalue weighted by molar-refractivity contribution is 14.0. The summed E-state index contributed by atoms with van der Waals surface area (Å²) in [5.41, 5.74) is 0.929. The number of nitrogens with one attached hydrogen (secondary N) is 2. The number of nitrogens with zero attached hydrogens (tertiary/aromatic N) is 2. The van der Waals surface area contributed by atoms with E-state index in [9.17, 15) is 0 Å². The second-order valence-electron chi connectivity index (χ2n) is 3.47. The van der Waals surface area contributed by atoms with Gasteiger partial charge in [-0.25, -0.2) is 9.98 Å². The molecule has 5 nitrogen and oxygen atoms in total. The lowest BCUT2D eigenvalue weighted by Gasteiger charge is -2.07. The van der Waals surface area contributed by atoms with Gasteiger partial charge in [0.05, 0.1) is 5.69 Å². The number of hydrogen-bond acceptors (Lipinski definition) is 3. The van der Waals surface area contributed by atoms with E-state index in [-0.39, 0.29) is 24.0 Å². The van der Waals surface area contributed by atoms with Crippen molar-refractivity contribution in [3.63, 3.8) is 0 Å². The van der Waals surface area contributed by atoms with Crippen molar-refractivity contribution in [1.82, 2.24) is 15.6 Å². The van der Waals surface area contributed by atoms with E-state index in [2.05, 4.69) is 20.6 Å². The maximum Gasteiger partial charge on any atom is 0.216 e. The maximum absolute atomic E-state index is 5.45. The molecule has 0 unspecified atom stereocenters. The van der Waals surface area contributed by atoms with Crippen LogP contribution in [0, 0.1) is 13.8 Å². The molecular formula is C11H21IN4O. The Kier molecular flexibility index (Phi) is 7.94. The molecule has 0 aliphatic heterocycles. The number of aliphatic imine (C=N–C) groups is 1. The van der Waals surface area contributed by atoms with Gasteiger partial charge in [-0.1, -0.05) is 0 Å². The van der Waals surface area contributed by atoms with Crippen LogP contribution in [-0.2, 0) is 6.54 Å². The molecule has 0 aliphatic rings. The first-order valence-electron chi connectivity index (χ1n) is 5.62. The number of guanidine groups is 1. The Morgan fingerprint density at radius 1 is 1.24 bits per heavy atom. The minimum absolute atomic E-state index is 0. The van der Waals surface area contributed by atoms with Crippen LogP contribution in [-0.4, -0.2) is 24.0 Å². The highest BCUT2D eigenvalue weighted by atomic mass is 127. The molecule has 0 amide bonds. The topological polar surface area (TPSA) is 62.5 Å². The standard InChI is InChI=1S/C11H20N4O.HI/c1-5-12-11(13-6-2)14-7-10-15-8(3)9(4)16-10;/h5-7H2,1-4H3,(H2,12,13,14);1H. The van der Waals surface area contributed by atoms with E-state index in [4.69, 9.17) is 4.42 Å². The van der Waals surface area contributed by atoms with Crippen LogP contribution < -0.4 is 10.6 Å². The molecule has 1 heterocycles. The number of aromatic nitrogens is 1. The summed E-state index contributed by atoms with van der Waals surface area (Å²) in [6.45, 7) is 10.1. The smallest absolute Gasteiger partial charge is 0.216 e. The van der Waals surface area contributed by atoms with E-state index < -0.39 is 0 Å². The van der Waals surface area contributed by atoms with Crippen LogP contribution in [0.1, 0.15) is 31.2 Å². The van der Waals surface area contributed by atoms with Crippen molar-refractivity contribution in [3.05, 3.63) is 17.3 Å². The molecule has 2 N–H and O–H groups in total. The van der Waals surface area contributed by atoms with E-state index in [1.54, 1.807) is 0 Å². The van der Waals surface area contributed by atoms with Crippen LogP contribution in [0.5, 0.6) is 0 Å². The Balaban J connectivity index is 0.00000256. The fourth-order valence-electron chi connectivity index (χ4n) is 1.26.